The molecule has 1 atom stereocenters. The molecule has 0 amide bonds. The number of pyridine rings is 1. The number of rotatable bonds is 5. The van der Waals surface area contributed by atoms with Gasteiger partial charge in [-0.3, -0.25) is 4.98 Å². The number of aromatic nitrogens is 1. The second kappa shape index (κ2) is 5.67. The van der Waals surface area contributed by atoms with Gasteiger partial charge >= 0.3 is 0 Å². The van der Waals surface area contributed by atoms with E-state index < -0.39 is 6.10 Å². The molecule has 3 heteroatoms. The zero-order chi connectivity index (χ0) is 9.52. The maximum Gasteiger partial charge on any atom is 0.0826 e. The summed E-state index contributed by atoms with van der Waals surface area (Å²) < 4.78 is 5.15. The lowest BCUT2D eigenvalue weighted by Crippen LogP contribution is -2.03. The number of aliphatic hydroxyl groups excluding tert-OH is 1. The van der Waals surface area contributed by atoms with Crippen molar-refractivity contribution in [1.82, 2.24) is 4.98 Å². The van der Waals surface area contributed by atoms with Crippen molar-refractivity contribution in [1.29, 1.82) is 0 Å². The highest BCUT2D eigenvalue weighted by atomic mass is 16.5. The molecule has 0 spiro atoms. The predicted molar refractivity (Wildman–Crippen MR) is 50.3 cm³/mol. The van der Waals surface area contributed by atoms with Crippen molar-refractivity contribution < 1.29 is 9.84 Å². The van der Waals surface area contributed by atoms with Gasteiger partial charge in [-0.25, -0.2) is 0 Å². The zero-order valence-electron chi connectivity index (χ0n) is 7.81. The van der Waals surface area contributed by atoms with E-state index in [0.29, 0.717) is 19.6 Å². The molecule has 1 aromatic rings. The molecule has 0 fully saturated rings. The van der Waals surface area contributed by atoms with Gasteiger partial charge in [-0.05, 0) is 18.6 Å². The van der Waals surface area contributed by atoms with E-state index in [0.717, 1.165) is 5.56 Å². The smallest absolute Gasteiger partial charge is 0.0826 e. The minimum Gasteiger partial charge on any atom is -0.388 e. The van der Waals surface area contributed by atoms with E-state index in [9.17, 15) is 5.11 Å². The molecule has 1 unspecified atom stereocenters. The van der Waals surface area contributed by atoms with Crippen LogP contribution in [-0.2, 0) is 4.74 Å². The molecule has 0 saturated carbocycles. The average Bonchev–Trinajstić information content (AvgIpc) is 2.19. The van der Waals surface area contributed by atoms with Crippen LogP contribution >= 0.6 is 0 Å². The van der Waals surface area contributed by atoms with Crippen molar-refractivity contribution in [2.24, 2.45) is 0 Å². The summed E-state index contributed by atoms with van der Waals surface area (Å²) in [5, 5.41) is 9.63. The summed E-state index contributed by atoms with van der Waals surface area (Å²) in [6.07, 6.45) is 3.54. The monoisotopic (exact) mass is 181 g/mol. The third-order valence-electron chi connectivity index (χ3n) is 1.81. The first-order chi connectivity index (χ1) is 6.34. The minimum absolute atomic E-state index is 0.458. The summed E-state index contributed by atoms with van der Waals surface area (Å²) in [5.74, 6) is 0. The van der Waals surface area contributed by atoms with Crippen LogP contribution in [0.5, 0.6) is 0 Å². The summed E-state index contributed by atoms with van der Waals surface area (Å²) in [7, 11) is 0. The molecule has 3 nitrogen and oxygen atoms in total. The van der Waals surface area contributed by atoms with Crippen LogP contribution in [0.4, 0.5) is 0 Å². The Morgan fingerprint density at radius 3 is 3.08 bits per heavy atom. The van der Waals surface area contributed by atoms with E-state index in [4.69, 9.17) is 4.74 Å². The second-order valence-electron chi connectivity index (χ2n) is 2.79. The quantitative estimate of drug-likeness (QED) is 0.701. The van der Waals surface area contributed by atoms with Gasteiger partial charge in [0.1, 0.15) is 0 Å². The molecule has 1 rings (SSSR count). The summed E-state index contributed by atoms with van der Waals surface area (Å²) >= 11 is 0. The van der Waals surface area contributed by atoms with E-state index in [1.165, 1.54) is 0 Å². The normalized spacial score (nSPS) is 12.8. The number of hydrogen-bond acceptors (Lipinski definition) is 3. The maximum absolute atomic E-state index is 9.63. The van der Waals surface area contributed by atoms with Crippen LogP contribution in [0.15, 0.2) is 24.5 Å². The minimum atomic E-state index is -0.458. The molecule has 0 bridgehead atoms. The molecule has 1 aromatic heterocycles. The Morgan fingerprint density at radius 2 is 2.46 bits per heavy atom. The zero-order valence-corrected chi connectivity index (χ0v) is 7.81. The molecule has 0 saturated heterocycles. The second-order valence-corrected chi connectivity index (χ2v) is 2.79. The Bertz CT molecular complexity index is 226. The van der Waals surface area contributed by atoms with Crippen LogP contribution in [-0.4, -0.2) is 23.3 Å². The maximum atomic E-state index is 9.63. The first-order valence-electron chi connectivity index (χ1n) is 4.50. The summed E-state index contributed by atoms with van der Waals surface area (Å²) in [6, 6.07) is 3.68. The highest BCUT2D eigenvalue weighted by Crippen LogP contribution is 2.14. The van der Waals surface area contributed by atoms with Gasteiger partial charge < -0.3 is 9.84 Å². The van der Waals surface area contributed by atoms with Crippen LogP contribution in [0.1, 0.15) is 25.0 Å². The van der Waals surface area contributed by atoms with Crippen molar-refractivity contribution in [3.05, 3.63) is 30.1 Å². The first kappa shape index (κ1) is 10.2. The molecule has 0 aliphatic carbocycles. The van der Waals surface area contributed by atoms with E-state index in [2.05, 4.69) is 4.98 Å². The predicted octanol–water partition coefficient (Wildman–Crippen LogP) is 1.54. The van der Waals surface area contributed by atoms with E-state index in [-0.39, 0.29) is 0 Å². The lowest BCUT2D eigenvalue weighted by atomic mass is 10.1. The Labute approximate surface area is 78.4 Å². The van der Waals surface area contributed by atoms with Crippen LogP contribution < -0.4 is 0 Å². The highest BCUT2D eigenvalue weighted by molar-refractivity contribution is 5.11. The van der Waals surface area contributed by atoms with Gasteiger partial charge in [0, 0.05) is 32.0 Å². The fraction of sp³-hybridized carbons (Fsp3) is 0.500. The van der Waals surface area contributed by atoms with Gasteiger partial charge in [-0.2, -0.15) is 0 Å². The standard InChI is InChI=1S/C10H15NO2/c1-2-13-7-5-10(12)9-4-3-6-11-8-9/h3-4,6,8,10,12H,2,5,7H2,1H3. The third kappa shape index (κ3) is 3.53. The van der Waals surface area contributed by atoms with Crippen molar-refractivity contribution in [3.63, 3.8) is 0 Å². The molecule has 0 aromatic carbocycles. The molecule has 1 heterocycles. The first-order valence-corrected chi connectivity index (χ1v) is 4.50. The molecule has 0 aliphatic rings. The highest BCUT2D eigenvalue weighted by Gasteiger charge is 2.05. The van der Waals surface area contributed by atoms with Crippen LogP contribution in [0.3, 0.4) is 0 Å². The summed E-state index contributed by atoms with van der Waals surface area (Å²) in [6.45, 7) is 3.22. The topological polar surface area (TPSA) is 42.4 Å². The van der Waals surface area contributed by atoms with Gasteiger partial charge in [0.25, 0.3) is 0 Å². The number of nitrogens with zero attached hydrogens (tertiary/aromatic N) is 1. The molecular formula is C10H15NO2. The summed E-state index contributed by atoms with van der Waals surface area (Å²) in [4.78, 5) is 3.93. The van der Waals surface area contributed by atoms with Crippen molar-refractivity contribution >= 4 is 0 Å². The van der Waals surface area contributed by atoms with Crippen LogP contribution in [0, 0.1) is 0 Å². The number of aliphatic hydroxyl groups is 1. The molecule has 0 aliphatic heterocycles. The van der Waals surface area contributed by atoms with Crippen LogP contribution in [0.25, 0.3) is 0 Å². The van der Waals surface area contributed by atoms with Gasteiger partial charge in [-0.1, -0.05) is 6.07 Å². The molecule has 72 valence electrons. The largest absolute Gasteiger partial charge is 0.388 e. The lowest BCUT2D eigenvalue weighted by Gasteiger charge is -2.09. The van der Waals surface area contributed by atoms with E-state index >= 15 is 0 Å². The average molecular weight is 181 g/mol. The lowest BCUT2D eigenvalue weighted by molar-refractivity contribution is 0.0884. The Balaban J connectivity index is 2.35. The molecule has 1 N–H and O–H groups in total. The van der Waals surface area contributed by atoms with Crippen molar-refractivity contribution in [2.45, 2.75) is 19.4 Å². The Hall–Kier alpha value is -0.930. The molecule has 13 heavy (non-hydrogen) atoms. The fourth-order valence-corrected chi connectivity index (χ4v) is 1.08. The van der Waals surface area contributed by atoms with Gasteiger partial charge in [0.05, 0.1) is 6.10 Å². The Morgan fingerprint density at radius 1 is 1.62 bits per heavy atom. The third-order valence-corrected chi connectivity index (χ3v) is 1.81. The number of ether oxygens (including phenoxy) is 1. The van der Waals surface area contributed by atoms with Crippen molar-refractivity contribution in [2.75, 3.05) is 13.2 Å². The van der Waals surface area contributed by atoms with E-state index in [1.807, 2.05) is 19.1 Å². The van der Waals surface area contributed by atoms with Crippen molar-refractivity contribution in [3.8, 4) is 0 Å². The molecular weight excluding hydrogens is 166 g/mol. The van der Waals surface area contributed by atoms with E-state index in [1.54, 1.807) is 12.4 Å². The fourth-order valence-electron chi connectivity index (χ4n) is 1.08. The van der Waals surface area contributed by atoms with Gasteiger partial charge in [0.15, 0.2) is 0 Å². The molecule has 0 radical (unpaired) electrons. The summed E-state index contributed by atoms with van der Waals surface area (Å²) in [5.41, 5.74) is 0.849. The van der Waals surface area contributed by atoms with Crippen LogP contribution in [0.2, 0.25) is 0 Å². The van der Waals surface area contributed by atoms with Gasteiger partial charge in [0.2, 0.25) is 0 Å². The Kier molecular flexibility index (Phi) is 4.43. The number of hydrogen-bond donors (Lipinski definition) is 1. The SMILES string of the molecule is CCOCCC(O)c1cccnc1. The van der Waals surface area contributed by atoms with Gasteiger partial charge in [-0.15, -0.1) is 0 Å².